The van der Waals surface area contributed by atoms with Gasteiger partial charge in [0.1, 0.15) is 0 Å². The van der Waals surface area contributed by atoms with E-state index < -0.39 is 13.5 Å². The summed E-state index contributed by atoms with van der Waals surface area (Å²) < 4.78 is 59.4. The molecule has 0 atom stereocenters. The molecule has 0 aliphatic carbocycles. The molecule has 7 heavy (non-hydrogen) atoms. The normalized spacial score (nSPS) is 23.1. The zero-order valence-electron chi connectivity index (χ0n) is 2.68. The zero-order chi connectivity index (χ0) is 6.41. The summed E-state index contributed by atoms with van der Waals surface area (Å²) in [4.78, 5) is 0. The first-order valence-electron chi connectivity index (χ1n) is 0.926. The number of halogens is 6. The maximum atomic E-state index is 9.90. The number of hydrogen-bond donors (Lipinski definition) is 0. The summed E-state index contributed by atoms with van der Waals surface area (Å²) in [5.74, 6) is 0. The van der Waals surface area contributed by atoms with Gasteiger partial charge >= 0.3 is 34.8 Å². The van der Waals surface area contributed by atoms with Gasteiger partial charge in [0.15, 0.2) is 0 Å². The van der Waals surface area contributed by atoms with Gasteiger partial charge in [0.25, 0.3) is 0 Å². The van der Waals surface area contributed by atoms with Gasteiger partial charge < -0.3 is 0 Å². The summed E-state index contributed by atoms with van der Waals surface area (Å²) in [5.41, 5.74) is 0. The Morgan fingerprint density at radius 3 is 0.571 bits per heavy atom. The fourth-order valence-corrected chi connectivity index (χ4v) is 0. The predicted molar refractivity (Wildman–Crippen MR) is 12.4 cm³/mol. The van der Waals surface area contributed by atoms with Gasteiger partial charge in [-0.2, -0.15) is 0 Å². The van der Waals surface area contributed by atoms with Gasteiger partial charge in [-0.05, 0) is 0 Å². The summed E-state index contributed by atoms with van der Waals surface area (Å²) in [5, 5.41) is 0. The molecule has 0 heterocycles. The molecule has 0 saturated carbocycles. The molecule has 0 aliphatic heterocycles. The molecule has 0 aliphatic rings. The Bertz CT molecular complexity index is 62.7. The Labute approximate surface area is 35.8 Å². The Morgan fingerprint density at radius 1 is 0.571 bits per heavy atom. The van der Waals surface area contributed by atoms with E-state index in [1.54, 1.807) is 0 Å². The second kappa shape index (κ2) is 0.696. The first-order chi connectivity index (χ1) is 2.45. The van der Waals surface area contributed by atoms with E-state index in [9.17, 15) is 21.3 Å². The Morgan fingerprint density at radius 2 is 0.571 bits per heavy atom. The second-order valence-corrected chi connectivity index (χ2v) is 4.55. The Kier molecular flexibility index (Phi) is 0.706. The van der Waals surface area contributed by atoms with Crippen molar-refractivity contribution in [3.05, 3.63) is 0 Å². The Hall–Kier alpha value is 0.0995. The van der Waals surface area contributed by atoms with Crippen LogP contribution in [0.15, 0.2) is 0 Å². The monoisotopic (exact) mass is 194 g/mol. The van der Waals surface area contributed by atoms with Gasteiger partial charge in [-0.25, -0.2) is 0 Å². The third-order valence-electron chi connectivity index (χ3n) is 0. The van der Waals surface area contributed by atoms with Crippen LogP contribution in [0.2, 0.25) is 0 Å². The average molecular weight is 193 g/mol. The van der Waals surface area contributed by atoms with Crippen molar-refractivity contribution in [2.45, 2.75) is 0 Å². The summed E-state index contributed by atoms with van der Waals surface area (Å²) in [7, 11) is 0. The van der Waals surface area contributed by atoms with E-state index in [0.717, 1.165) is 0 Å². The van der Waals surface area contributed by atoms with Crippen molar-refractivity contribution in [1.29, 1.82) is 0 Å². The van der Waals surface area contributed by atoms with Crippen molar-refractivity contribution in [2.24, 2.45) is 0 Å². The molecule has 0 aromatic rings. The summed E-state index contributed by atoms with van der Waals surface area (Å²) >= 11 is -11.0. The molecule has 0 nitrogen and oxygen atoms in total. The van der Waals surface area contributed by atoms with Crippen LogP contribution in [-0.2, 0) is 0 Å². The summed E-state index contributed by atoms with van der Waals surface area (Å²) in [6, 6.07) is 0. The third kappa shape index (κ3) is 10400. The number of rotatable bonds is 0. The van der Waals surface area contributed by atoms with Crippen LogP contribution in [-0.4, -0.2) is 13.5 Å². The molecular weight excluding hydrogens is 193 g/mol. The van der Waals surface area contributed by atoms with E-state index >= 15 is 0 Å². The molecule has 0 aromatic carbocycles. The van der Waals surface area contributed by atoms with Crippen molar-refractivity contribution < 1.29 is 21.3 Å². The van der Waals surface area contributed by atoms with E-state index in [1.807, 2.05) is 0 Å². The fraction of sp³-hybridized carbons (Fsp3) is 0. The SMILES string of the molecule is F[Se](F)(F)(F)(F)F. The minimum absolute atomic E-state index is 9.90. The van der Waals surface area contributed by atoms with E-state index in [0.29, 0.717) is 0 Å². The molecule has 0 bridgehead atoms. The topological polar surface area (TPSA) is 0 Å². The van der Waals surface area contributed by atoms with Crippen molar-refractivity contribution in [3.63, 3.8) is 0 Å². The van der Waals surface area contributed by atoms with E-state index in [-0.39, 0.29) is 0 Å². The van der Waals surface area contributed by atoms with Crippen LogP contribution < -0.4 is 0 Å². The van der Waals surface area contributed by atoms with Gasteiger partial charge in [-0.15, -0.1) is 0 Å². The van der Waals surface area contributed by atoms with Crippen LogP contribution in [0.1, 0.15) is 0 Å². The van der Waals surface area contributed by atoms with Crippen LogP contribution in [0.5, 0.6) is 0 Å². The van der Waals surface area contributed by atoms with Crippen LogP contribution >= 0.6 is 0 Å². The van der Waals surface area contributed by atoms with Gasteiger partial charge in [0.2, 0.25) is 0 Å². The van der Waals surface area contributed by atoms with Gasteiger partial charge in [0.05, 0.1) is 0 Å². The average Bonchev–Trinajstić information content (AvgIpc) is 0.592. The van der Waals surface area contributed by atoms with Gasteiger partial charge in [0, 0.05) is 0 Å². The molecule has 7 heteroatoms. The Balaban J connectivity index is 4.43. The zero-order valence-corrected chi connectivity index (χ0v) is 4.39. The molecule has 0 rings (SSSR count). The molecule has 0 fully saturated rings. The van der Waals surface area contributed by atoms with E-state index in [4.69, 9.17) is 0 Å². The first-order valence-corrected chi connectivity index (χ1v) is 4.81. The molecule has 0 aromatic heterocycles. The molecule has 48 valence electrons. The molecule has 0 N–H and O–H groups in total. The van der Waals surface area contributed by atoms with E-state index in [2.05, 4.69) is 0 Å². The standard InChI is InChI=1S/F6Se/c1-7(2,3,4,5)6. The van der Waals surface area contributed by atoms with Crippen LogP contribution in [0.3, 0.4) is 0 Å². The molecule has 0 spiro atoms. The fourth-order valence-electron chi connectivity index (χ4n) is 0. The quantitative estimate of drug-likeness (QED) is 0.408. The van der Waals surface area contributed by atoms with Crippen LogP contribution in [0.25, 0.3) is 0 Å². The second-order valence-electron chi connectivity index (χ2n) is 0.875. The maximum absolute atomic E-state index is 11.0. The van der Waals surface area contributed by atoms with Gasteiger partial charge in [-0.1, -0.05) is 0 Å². The van der Waals surface area contributed by atoms with Crippen molar-refractivity contribution in [2.75, 3.05) is 0 Å². The van der Waals surface area contributed by atoms with Gasteiger partial charge in [-0.3, -0.25) is 0 Å². The summed E-state index contributed by atoms with van der Waals surface area (Å²) in [6.07, 6.45) is 0. The molecule has 0 radical (unpaired) electrons. The molecule has 0 unspecified atom stereocenters. The van der Waals surface area contributed by atoms with Crippen molar-refractivity contribution in [3.8, 4) is 0 Å². The van der Waals surface area contributed by atoms with Crippen molar-refractivity contribution >= 4 is 13.5 Å². The van der Waals surface area contributed by atoms with Crippen LogP contribution in [0, 0.1) is 0 Å². The first kappa shape index (κ1) is 7.10. The van der Waals surface area contributed by atoms with E-state index in [1.165, 1.54) is 0 Å². The van der Waals surface area contributed by atoms with Crippen molar-refractivity contribution in [1.82, 2.24) is 0 Å². The summed E-state index contributed by atoms with van der Waals surface area (Å²) in [6.45, 7) is 0. The molecular formula is F6Se. The van der Waals surface area contributed by atoms with Crippen LogP contribution in [0.4, 0.5) is 21.3 Å². The number of hydrogen-bond acceptors (Lipinski definition) is 0. The molecule has 0 amide bonds. The third-order valence-corrected chi connectivity index (χ3v) is 0. The predicted octanol–water partition coefficient (Wildman–Crippen LogP) is 2.14. The molecule has 0 saturated heterocycles. The minimum atomic E-state index is -11.0.